The van der Waals surface area contributed by atoms with E-state index >= 15 is 0 Å². The van der Waals surface area contributed by atoms with Gasteiger partial charge in [0.1, 0.15) is 0 Å². The van der Waals surface area contributed by atoms with E-state index in [0.29, 0.717) is 12.5 Å². The Hall–Kier alpha value is -1.05. The SMILES string of the molecule is CCOC(=O)C=C(C)C(C)=C(C)CC(C)CCC(C)C(C)C. The van der Waals surface area contributed by atoms with Crippen molar-refractivity contribution in [2.24, 2.45) is 17.8 Å². The lowest BCUT2D eigenvalue weighted by Gasteiger charge is -2.19. The van der Waals surface area contributed by atoms with Crippen LogP contribution in [0.15, 0.2) is 22.8 Å². The highest BCUT2D eigenvalue weighted by Crippen LogP contribution is 2.25. The molecule has 0 aromatic rings. The van der Waals surface area contributed by atoms with Crippen molar-refractivity contribution in [3.05, 3.63) is 22.8 Å². The van der Waals surface area contributed by atoms with E-state index in [-0.39, 0.29) is 5.97 Å². The van der Waals surface area contributed by atoms with Crippen LogP contribution in [0.3, 0.4) is 0 Å². The van der Waals surface area contributed by atoms with Crippen molar-refractivity contribution in [1.82, 2.24) is 0 Å². The highest BCUT2D eigenvalue weighted by Gasteiger charge is 2.11. The van der Waals surface area contributed by atoms with Crippen molar-refractivity contribution in [2.45, 2.75) is 74.7 Å². The monoisotopic (exact) mass is 308 g/mol. The van der Waals surface area contributed by atoms with Gasteiger partial charge in [-0.1, -0.05) is 46.1 Å². The van der Waals surface area contributed by atoms with Crippen LogP contribution in [0.25, 0.3) is 0 Å². The van der Waals surface area contributed by atoms with Crippen LogP contribution in [-0.2, 0) is 9.53 Å². The fourth-order valence-corrected chi connectivity index (χ4v) is 2.46. The molecule has 2 nitrogen and oxygen atoms in total. The zero-order valence-electron chi connectivity index (χ0n) is 16.0. The molecule has 0 aromatic carbocycles. The number of carbonyl (C=O) groups excluding carboxylic acids is 1. The minimum absolute atomic E-state index is 0.244. The highest BCUT2D eigenvalue weighted by atomic mass is 16.5. The average molecular weight is 309 g/mol. The molecule has 0 aromatic heterocycles. The normalized spacial score (nSPS) is 16.3. The van der Waals surface area contributed by atoms with Gasteiger partial charge in [0.25, 0.3) is 0 Å². The Morgan fingerprint density at radius 1 is 1.05 bits per heavy atom. The van der Waals surface area contributed by atoms with E-state index in [1.165, 1.54) is 24.0 Å². The van der Waals surface area contributed by atoms with Crippen LogP contribution in [0.2, 0.25) is 0 Å². The summed E-state index contributed by atoms with van der Waals surface area (Å²) < 4.78 is 4.97. The summed E-state index contributed by atoms with van der Waals surface area (Å²) >= 11 is 0. The number of ether oxygens (including phenoxy) is 1. The molecule has 22 heavy (non-hydrogen) atoms. The summed E-state index contributed by atoms with van der Waals surface area (Å²) in [5.41, 5.74) is 3.61. The van der Waals surface area contributed by atoms with E-state index in [9.17, 15) is 4.79 Å². The average Bonchev–Trinajstić information content (AvgIpc) is 2.43. The van der Waals surface area contributed by atoms with Crippen molar-refractivity contribution in [3.63, 3.8) is 0 Å². The Bertz CT molecular complexity index is 402. The lowest BCUT2D eigenvalue weighted by atomic mass is 9.87. The standard InChI is InChI=1S/C20H36O2/c1-9-22-20(21)13-18(7)19(8)17(6)12-15(4)10-11-16(5)14(2)3/h13-16H,9-12H2,1-8H3. The number of carbonyl (C=O) groups is 1. The molecular formula is C20H36O2. The zero-order valence-corrected chi connectivity index (χ0v) is 16.0. The van der Waals surface area contributed by atoms with Crippen molar-refractivity contribution < 1.29 is 9.53 Å². The van der Waals surface area contributed by atoms with Crippen molar-refractivity contribution in [2.75, 3.05) is 6.61 Å². The Morgan fingerprint density at radius 3 is 2.14 bits per heavy atom. The number of hydrogen-bond donors (Lipinski definition) is 0. The first kappa shape index (κ1) is 20.9. The third-order valence-corrected chi connectivity index (χ3v) is 4.76. The van der Waals surface area contributed by atoms with Gasteiger partial charge in [-0.25, -0.2) is 4.79 Å². The van der Waals surface area contributed by atoms with Crippen LogP contribution < -0.4 is 0 Å². The fourth-order valence-electron chi connectivity index (χ4n) is 2.46. The Morgan fingerprint density at radius 2 is 1.64 bits per heavy atom. The molecule has 0 saturated heterocycles. The van der Waals surface area contributed by atoms with Gasteiger partial charge in [0.05, 0.1) is 6.61 Å². The summed E-state index contributed by atoms with van der Waals surface area (Å²) in [5, 5.41) is 0. The third-order valence-electron chi connectivity index (χ3n) is 4.76. The summed E-state index contributed by atoms with van der Waals surface area (Å²) in [6.07, 6.45) is 5.27. The van der Waals surface area contributed by atoms with Crippen LogP contribution in [0.5, 0.6) is 0 Å². The van der Waals surface area contributed by atoms with E-state index in [0.717, 1.165) is 23.8 Å². The number of rotatable bonds is 9. The maximum Gasteiger partial charge on any atom is 0.331 e. The molecule has 0 N–H and O–H groups in total. The molecule has 0 fully saturated rings. The summed E-state index contributed by atoms with van der Waals surface area (Å²) in [6.45, 7) is 17.8. The molecule has 0 amide bonds. The zero-order chi connectivity index (χ0) is 17.3. The number of allylic oxidation sites excluding steroid dienone is 3. The summed E-state index contributed by atoms with van der Waals surface area (Å²) in [4.78, 5) is 11.5. The number of hydrogen-bond acceptors (Lipinski definition) is 2. The first-order chi connectivity index (χ1) is 10.2. The first-order valence-electron chi connectivity index (χ1n) is 8.70. The van der Waals surface area contributed by atoms with E-state index in [4.69, 9.17) is 4.74 Å². The molecule has 128 valence electrons. The van der Waals surface area contributed by atoms with Gasteiger partial charge in [-0.15, -0.1) is 0 Å². The maximum absolute atomic E-state index is 11.5. The highest BCUT2D eigenvalue weighted by molar-refractivity contribution is 5.83. The lowest BCUT2D eigenvalue weighted by Crippen LogP contribution is -2.07. The minimum atomic E-state index is -0.244. The topological polar surface area (TPSA) is 26.3 Å². The first-order valence-corrected chi connectivity index (χ1v) is 8.70. The fraction of sp³-hybridized carbons (Fsp3) is 0.750. The second-order valence-corrected chi connectivity index (χ2v) is 7.09. The van der Waals surface area contributed by atoms with E-state index in [1.807, 2.05) is 13.8 Å². The molecule has 0 aliphatic carbocycles. The van der Waals surface area contributed by atoms with Crippen molar-refractivity contribution in [3.8, 4) is 0 Å². The molecule has 0 saturated carbocycles. The molecular weight excluding hydrogens is 272 g/mol. The lowest BCUT2D eigenvalue weighted by molar-refractivity contribution is -0.137. The van der Waals surface area contributed by atoms with Gasteiger partial charge in [-0.2, -0.15) is 0 Å². The Balaban J connectivity index is 4.59. The van der Waals surface area contributed by atoms with Gasteiger partial charge in [0, 0.05) is 6.08 Å². The molecule has 0 rings (SSSR count). The van der Waals surface area contributed by atoms with E-state index < -0.39 is 0 Å². The van der Waals surface area contributed by atoms with Crippen molar-refractivity contribution >= 4 is 5.97 Å². The quantitative estimate of drug-likeness (QED) is 0.300. The molecule has 2 atom stereocenters. The van der Waals surface area contributed by atoms with Gasteiger partial charge < -0.3 is 4.74 Å². The maximum atomic E-state index is 11.5. The predicted molar refractivity (Wildman–Crippen MR) is 95.8 cm³/mol. The van der Waals surface area contributed by atoms with Crippen LogP contribution in [0.4, 0.5) is 0 Å². The van der Waals surface area contributed by atoms with Crippen LogP contribution in [0, 0.1) is 17.8 Å². The summed E-state index contributed by atoms with van der Waals surface area (Å²) in [7, 11) is 0. The third kappa shape index (κ3) is 8.41. The summed E-state index contributed by atoms with van der Waals surface area (Å²) in [5.74, 6) is 2.00. The van der Waals surface area contributed by atoms with E-state index in [1.54, 1.807) is 6.08 Å². The van der Waals surface area contributed by atoms with Gasteiger partial charge in [-0.05, 0) is 63.0 Å². The minimum Gasteiger partial charge on any atom is -0.463 e. The molecule has 0 aliphatic rings. The van der Waals surface area contributed by atoms with Gasteiger partial charge in [0.15, 0.2) is 0 Å². The van der Waals surface area contributed by atoms with Gasteiger partial charge in [0.2, 0.25) is 0 Å². The molecule has 0 bridgehead atoms. The molecule has 0 aliphatic heterocycles. The van der Waals surface area contributed by atoms with Crippen molar-refractivity contribution in [1.29, 1.82) is 0 Å². The molecule has 0 spiro atoms. The van der Waals surface area contributed by atoms with Crippen LogP contribution in [0.1, 0.15) is 74.7 Å². The number of esters is 1. The second kappa shape index (κ2) is 10.6. The Kier molecular flexibility index (Phi) is 10.1. The smallest absolute Gasteiger partial charge is 0.331 e. The van der Waals surface area contributed by atoms with Crippen LogP contribution >= 0.6 is 0 Å². The van der Waals surface area contributed by atoms with Gasteiger partial charge in [-0.3, -0.25) is 0 Å². The van der Waals surface area contributed by atoms with E-state index in [2.05, 4.69) is 41.5 Å². The molecule has 2 unspecified atom stereocenters. The molecule has 0 heterocycles. The van der Waals surface area contributed by atoms with Gasteiger partial charge >= 0.3 is 5.97 Å². The molecule has 2 heteroatoms. The second-order valence-electron chi connectivity index (χ2n) is 7.09. The van der Waals surface area contributed by atoms with Crippen LogP contribution in [-0.4, -0.2) is 12.6 Å². The predicted octanol–water partition coefficient (Wildman–Crippen LogP) is 5.93. The largest absolute Gasteiger partial charge is 0.463 e. The Labute approximate surface area is 138 Å². The molecule has 0 radical (unpaired) electrons. The summed E-state index contributed by atoms with van der Waals surface area (Å²) in [6, 6.07) is 0.